The van der Waals surface area contributed by atoms with Crippen molar-refractivity contribution in [3.05, 3.63) is 47.8 Å². The molecule has 1 aromatic rings. The normalized spacial score (nSPS) is 20.9. The SMILES string of the molecule is C/C=C\C(=C/C)CNCC1CN(c2ccc(N3CCOCC3)c(F)c2)C(=O)O1. The Bertz CT molecular complexity index is 744. The molecule has 3 rings (SSSR count). The number of hydrogen-bond acceptors (Lipinski definition) is 5. The average molecular weight is 389 g/mol. The maximum absolute atomic E-state index is 14.6. The van der Waals surface area contributed by atoms with Gasteiger partial charge in [-0.3, -0.25) is 4.90 Å². The van der Waals surface area contributed by atoms with Gasteiger partial charge in [0.2, 0.25) is 0 Å². The van der Waals surface area contributed by atoms with Crippen molar-refractivity contribution in [1.29, 1.82) is 0 Å². The predicted octanol–water partition coefficient (Wildman–Crippen LogP) is 3.10. The molecule has 0 bridgehead atoms. The molecule has 0 radical (unpaired) electrons. The van der Waals surface area contributed by atoms with Gasteiger partial charge in [0.25, 0.3) is 0 Å². The number of cyclic esters (lactones) is 1. The fraction of sp³-hybridized carbons (Fsp3) is 0.476. The molecule has 6 nitrogen and oxygen atoms in total. The number of benzene rings is 1. The molecule has 1 aromatic carbocycles. The zero-order chi connectivity index (χ0) is 19.9. The lowest BCUT2D eigenvalue weighted by Gasteiger charge is -2.29. The van der Waals surface area contributed by atoms with Crippen LogP contribution in [0.2, 0.25) is 0 Å². The molecule has 1 N–H and O–H groups in total. The number of anilines is 2. The summed E-state index contributed by atoms with van der Waals surface area (Å²) in [5.74, 6) is -0.335. The van der Waals surface area contributed by atoms with Crippen LogP contribution >= 0.6 is 0 Å². The first kappa shape index (κ1) is 20.4. The van der Waals surface area contributed by atoms with Crippen molar-refractivity contribution in [3.63, 3.8) is 0 Å². The van der Waals surface area contributed by atoms with Crippen LogP contribution < -0.4 is 15.1 Å². The van der Waals surface area contributed by atoms with Gasteiger partial charge in [0.1, 0.15) is 11.9 Å². The number of nitrogens with zero attached hydrogens (tertiary/aromatic N) is 2. The Hall–Kier alpha value is -2.38. The molecule has 0 aromatic heterocycles. The molecule has 2 fully saturated rings. The second-order valence-corrected chi connectivity index (χ2v) is 6.85. The second-order valence-electron chi connectivity index (χ2n) is 6.85. The Morgan fingerprint density at radius 3 is 2.79 bits per heavy atom. The zero-order valence-electron chi connectivity index (χ0n) is 16.5. The summed E-state index contributed by atoms with van der Waals surface area (Å²) in [7, 11) is 0. The van der Waals surface area contributed by atoms with E-state index in [1.54, 1.807) is 12.1 Å². The number of ether oxygens (including phenoxy) is 2. The number of hydrogen-bond donors (Lipinski definition) is 1. The minimum atomic E-state index is -0.440. The van der Waals surface area contributed by atoms with Crippen molar-refractivity contribution >= 4 is 17.5 Å². The quantitative estimate of drug-likeness (QED) is 0.727. The van der Waals surface area contributed by atoms with Crippen LogP contribution in [0.15, 0.2) is 42.0 Å². The highest BCUT2D eigenvalue weighted by atomic mass is 19.1. The lowest BCUT2D eigenvalue weighted by molar-refractivity contribution is 0.122. The smallest absolute Gasteiger partial charge is 0.414 e. The van der Waals surface area contributed by atoms with Crippen LogP contribution in [0.4, 0.5) is 20.6 Å². The van der Waals surface area contributed by atoms with E-state index in [2.05, 4.69) is 5.32 Å². The summed E-state index contributed by atoms with van der Waals surface area (Å²) in [6, 6.07) is 4.91. The van der Waals surface area contributed by atoms with Gasteiger partial charge in [-0.1, -0.05) is 18.2 Å². The summed E-state index contributed by atoms with van der Waals surface area (Å²) in [6.07, 6.45) is 5.37. The third kappa shape index (κ3) is 4.91. The average Bonchev–Trinajstić information content (AvgIpc) is 3.08. The van der Waals surface area contributed by atoms with E-state index in [0.29, 0.717) is 57.3 Å². The topological polar surface area (TPSA) is 54.0 Å². The lowest BCUT2D eigenvalue weighted by Crippen LogP contribution is -2.36. The lowest BCUT2D eigenvalue weighted by atomic mass is 10.2. The summed E-state index contributed by atoms with van der Waals surface area (Å²) >= 11 is 0. The molecule has 1 unspecified atom stereocenters. The monoisotopic (exact) mass is 389 g/mol. The van der Waals surface area contributed by atoms with Crippen molar-refractivity contribution < 1.29 is 18.7 Å². The van der Waals surface area contributed by atoms with Gasteiger partial charge in [0.15, 0.2) is 0 Å². The first-order chi connectivity index (χ1) is 13.6. The van der Waals surface area contributed by atoms with Gasteiger partial charge < -0.3 is 19.7 Å². The first-order valence-electron chi connectivity index (χ1n) is 9.71. The Balaban J connectivity index is 1.58. The Morgan fingerprint density at radius 1 is 1.32 bits per heavy atom. The highest BCUT2D eigenvalue weighted by Crippen LogP contribution is 2.28. The molecule has 7 heteroatoms. The number of carbonyl (C=O) groups excluding carboxylic acids is 1. The van der Waals surface area contributed by atoms with E-state index in [0.717, 1.165) is 0 Å². The summed E-state index contributed by atoms with van der Waals surface area (Å²) in [5, 5.41) is 3.30. The van der Waals surface area contributed by atoms with E-state index in [1.807, 2.05) is 37.0 Å². The van der Waals surface area contributed by atoms with E-state index in [1.165, 1.54) is 16.5 Å². The van der Waals surface area contributed by atoms with Crippen LogP contribution in [0.5, 0.6) is 0 Å². The third-order valence-electron chi connectivity index (χ3n) is 4.92. The molecule has 0 saturated carbocycles. The van der Waals surface area contributed by atoms with Gasteiger partial charge in [-0.05, 0) is 37.6 Å². The number of nitrogens with one attached hydrogen (secondary N) is 1. The summed E-state index contributed by atoms with van der Waals surface area (Å²) < 4.78 is 25.4. The number of halogens is 1. The largest absolute Gasteiger partial charge is 0.443 e. The van der Waals surface area contributed by atoms with Crippen LogP contribution in [0.1, 0.15) is 13.8 Å². The van der Waals surface area contributed by atoms with Gasteiger partial charge >= 0.3 is 6.09 Å². The molecule has 2 aliphatic heterocycles. The highest BCUT2D eigenvalue weighted by molar-refractivity contribution is 5.90. The van der Waals surface area contributed by atoms with Crippen molar-refractivity contribution in [1.82, 2.24) is 5.32 Å². The zero-order valence-corrected chi connectivity index (χ0v) is 16.5. The molecule has 0 aliphatic carbocycles. The van der Waals surface area contributed by atoms with Gasteiger partial charge in [-0.25, -0.2) is 9.18 Å². The maximum atomic E-state index is 14.6. The maximum Gasteiger partial charge on any atom is 0.414 e. The third-order valence-corrected chi connectivity index (χ3v) is 4.92. The predicted molar refractivity (Wildman–Crippen MR) is 108 cm³/mol. The fourth-order valence-electron chi connectivity index (χ4n) is 3.41. The minimum Gasteiger partial charge on any atom is -0.443 e. The fourth-order valence-corrected chi connectivity index (χ4v) is 3.41. The molecule has 1 amide bonds. The first-order valence-corrected chi connectivity index (χ1v) is 9.71. The Kier molecular flexibility index (Phi) is 7.06. The molecule has 1 atom stereocenters. The molecule has 152 valence electrons. The van der Waals surface area contributed by atoms with Gasteiger partial charge in [0, 0.05) is 26.2 Å². The minimum absolute atomic E-state index is 0.266. The summed E-state index contributed by atoms with van der Waals surface area (Å²) in [6.45, 7) is 8.14. The number of allylic oxidation sites excluding steroid dienone is 2. The van der Waals surface area contributed by atoms with Crippen LogP contribution in [0.3, 0.4) is 0 Å². The van der Waals surface area contributed by atoms with E-state index < -0.39 is 6.09 Å². The van der Waals surface area contributed by atoms with Gasteiger partial charge in [-0.15, -0.1) is 0 Å². The number of amides is 1. The van der Waals surface area contributed by atoms with E-state index in [-0.39, 0.29) is 11.9 Å². The van der Waals surface area contributed by atoms with Gasteiger partial charge in [0.05, 0.1) is 31.1 Å². The number of carbonyl (C=O) groups is 1. The van der Waals surface area contributed by atoms with E-state index in [4.69, 9.17) is 9.47 Å². The number of rotatable bonds is 7. The van der Waals surface area contributed by atoms with Crippen molar-refractivity contribution in [2.24, 2.45) is 0 Å². The van der Waals surface area contributed by atoms with Crippen LogP contribution in [0, 0.1) is 5.82 Å². The van der Waals surface area contributed by atoms with Crippen LogP contribution in [0.25, 0.3) is 0 Å². The molecular formula is C21H28FN3O3. The molecule has 2 aliphatic rings. The number of morpholine rings is 1. The Labute approximate surface area is 165 Å². The highest BCUT2D eigenvalue weighted by Gasteiger charge is 2.32. The Morgan fingerprint density at radius 2 is 2.11 bits per heavy atom. The summed E-state index contributed by atoms with van der Waals surface area (Å²) in [4.78, 5) is 15.7. The van der Waals surface area contributed by atoms with Crippen molar-refractivity contribution in [2.75, 3.05) is 55.7 Å². The van der Waals surface area contributed by atoms with Gasteiger partial charge in [-0.2, -0.15) is 0 Å². The molecular weight excluding hydrogens is 361 g/mol. The molecule has 2 heterocycles. The molecule has 0 spiro atoms. The second kappa shape index (κ2) is 9.71. The van der Waals surface area contributed by atoms with Crippen LogP contribution in [-0.4, -0.2) is 58.1 Å². The standard InChI is InChI=1S/C21H28FN3O3/c1-3-5-16(4-2)13-23-14-18-15-25(21(26)28-18)17-6-7-20(19(22)12-17)24-8-10-27-11-9-24/h3-7,12,18,23H,8-11,13-15H2,1-2H3/b5-3-,16-4+. The van der Waals surface area contributed by atoms with Crippen LogP contribution in [-0.2, 0) is 9.47 Å². The van der Waals surface area contributed by atoms with Crippen molar-refractivity contribution in [2.45, 2.75) is 20.0 Å². The van der Waals surface area contributed by atoms with E-state index >= 15 is 0 Å². The van der Waals surface area contributed by atoms with E-state index in [9.17, 15) is 9.18 Å². The summed E-state index contributed by atoms with van der Waals surface area (Å²) in [5.41, 5.74) is 2.23. The molecule has 28 heavy (non-hydrogen) atoms. The molecule has 2 saturated heterocycles. The van der Waals surface area contributed by atoms with Crippen molar-refractivity contribution in [3.8, 4) is 0 Å².